The van der Waals surface area contributed by atoms with Crippen LogP contribution in [0.1, 0.15) is 30.7 Å². The summed E-state index contributed by atoms with van der Waals surface area (Å²) in [5, 5.41) is 3.56. The van der Waals surface area contributed by atoms with Gasteiger partial charge in [-0.1, -0.05) is 11.6 Å². The number of likely N-dealkylation sites (tertiary alicyclic amines) is 1. The first-order chi connectivity index (χ1) is 12.7. The van der Waals surface area contributed by atoms with Crippen LogP contribution in [0.3, 0.4) is 0 Å². The molecule has 0 aromatic carbocycles. The molecule has 4 rings (SSSR count). The number of piperidine rings is 2. The summed E-state index contributed by atoms with van der Waals surface area (Å²) in [6.45, 7) is 2.66. The van der Waals surface area contributed by atoms with Gasteiger partial charge in [0.25, 0.3) is 0 Å². The van der Waals surface area contributed by atoms with Crippen molar-refractivity contribution in [3.8, 4) is 0 Å². The van der Waals surface area contributed by atoms with E-state index < -0.39 is 0 Å². The van der Waals surface area contributed by atoms with Crippen LogP contribution in [0.4, 0.5) is 5.95 Å². The first kappa shape index (κ1) is 17.7. The monoisotopic (exact) mass is 391 g/mol. The molecule has 2 aromatic rings. The Kier molecular flexibility index (Phi) is 5.36. The molecular formula is C18H22ClN5OS. The van der Waals surface area contributed by atoms with E-state index in [0.29, 0.717) is 23.4 Å². The lowest BCUT2D eigenvalue weighted by Crippen LogP contribution is -2.56. The number of aryl methyl sites for hydroxylation is 1. The van der Waals surface area contributed by atoms with Crippen LogP contribution in [-0.4, -0.2) is 51.4 Å². The highest BCUT2D eigenvalue weighted by Crippen LogP contribution is 2.32. The summed E-state index contributed by atoms with van der Waals surface area (Å²) < 4.78 is 0. The highest BCUT2D eigenvalue weighted by atomic mass is 35.5. The molecule has 1 amide bonds. The fourth-order valence-electron chi connectivity index (χ4n) is 4.10. The molecule has 0 radical (unpaired) electrons. The van der Waals surface area contributed by atoms with E-state index >= 15 is 0 Å². The van der Waals surface area contributed by atoms with Crippen LogP contribution < -0.4 is 4.90 Å². The maximum absolute atomic E-state index is 12.8. The van der Waals surface area contributed by atoms with E-state index in [1.54, 1.807) is 29.9 Å². The number of carbonyl (C=O) groups is 1. The Hall–Kier alpha value is -1.73. The van der Waals surface area contributed by atoms with E-state index in [1.165, 1.54) is 0 Å². The number of hydrogen-bond acceptors (Lipinski definition) is 6. The number of fused-ring (bicyclic) bond motifs is 1. The molecule has 138 valence electrons. The molecule has 0 N–H and O–H groups in total. The maximum Gasteiger partial charge on any atom is 0.225 e. The fraction of sp³-hybridized carbons (Fsp3) is 0.556. The quantitative estimate of drug-likeness (QED) is 0.801. The summed E-state index contributed by atoms with van der Waals surface area (Å²) in [5.74, 6) is 1.49. The van der Waals surface area contributed by atoms with Crippen LogP contribution in [0, 0.1) is 5.92 Å². The second kappa shape index (κ2) is 7.88. The van der Waals surface area contributed by atoms with Crippen molar-refractivity contribution in [3.63, 3.8) is 0 Å². The van der Waals surface area contributed by atoms with Gasteiger partial charge < -0.3 is 9.80 Å². The number of anilines is 1. The second-order valence-electron chi connectivity index (χ2n) is 6.92. The van der Waals surface area contributed by atoms with Gasteiger partial charge in [-0.25, -0.2) is 15.0 Å². The Bertz CT molecular complexity index is 739. The van der Waals surface area contributed by atoms with Crippen molar-refractivity contribution in [2.24, 2.45) is 5.92 Å². The van der Waals surface area contributed by atoms with Crippen molar-refractivity contribution in [2.45, 2.75) is 38.1 Å². The molecule has 2 saturated heterocycles. The summed E-state index contributed by atoms with van der Waals surface area (Å²) in [5.41, 5.74) is 0. The van der Waals surface area contributed by atoms with Crippen LogP contribution >= 0.6 is 22.9 Å². The molecular weight excluding hydrogens is 370 g/mol. The third-order valence-corrected chi connectivity index (χ3v) is 6.35. The van der Waals surface area contributed by atoms with Crippen molar-refractivity contribution in [2.75, 3.05) is 24.5 Å². The fourth-order valence-corrected chi connectivity index (χ4v) is 4.82. The Morgan fingerprint density at radius 3 is 2.85 bits per heavy atom. The SMILES string of the molecule is O=C(CCc1nccs1)N1CCCC2CN(c3ncc(Cl)cn3)CCC21. The topological polar surface area (TPSA) is 62.2 Å². The van der Waals surface area contributed by atoms with Gasteiger partial charge in [0, 0.05) is 50.1 Å². The Balaban J connectivity index is 1.38. The number of thiazole rings is 1. The largest absolute Gasteiger partial charge is 0.340 e. The summed E-state index contributed by atoms with van der Waals surface area (Å²) in [6, 6.07) is 0.344. The number of halogens is 1. The van der Waals surface area contributed by atoms with Gasteiger partial charge >= 0.3 is 0 Å². The van der Waals surface area contributed by atoms with Crippen LogP contribution in [0.15, 0.2) is 24.0 Å². The zero-order valence-corrected chi connectivity index (χ0v) is 16.1. The molecule has 2 atom stereocenters. The molecule has 0 saturated carbocycles. The Morgan fingerprint density at radius 2 is 2.08 bits per heavy atom. The highest BCUT2D eigenvalue weighted by molar-refractivity contribution is 7.09. The van der Waals surface area contributed by atoms with Gasteiger partial charge in [-0.2, -0.15) is 0 Å². The predicted molar refractivity (Wildman–Crippen MR) is 103 cm³/mol. The molecule has 2 aromatic heterocycles. The van der Waals surface area contributed by atoms with Crippen molar-refractivity contribution in [1.29, 1.82) is 0 Å². The van der Waals surface area contributed by atoms with Gasteiger partial charge in [0.15, 0.2) is 0 Å². The van der Waals surface area contributed by atoms with E-state index in [4.69, 9.17) is 11.6 Å². The number of carbonyl (C=O) groups excluding carboxylic acids is 1. The van der Waals surface area contributed by atoms with E-state index in [0.717, 1.165) is 56.3 Å². The lowest BCUT2D eigenvalue weighted by atomic mass is 9.83. The molecule has 2 aliphatic heterocycles. The first-order valence-corrected chi connectivity index (χ1v) is 10.4. The molecule has 2 aliphatic rings. The molecule has 4 heterocycles. The van der Waals surface area contributed by atoms with Gasteiger partial charge in [0.1, 0.15) is 0 Å². The van der Waals surface area contributed by atoms with E-state index in [9.17, 15) is 4.79 Å². The Morgan fingerprint density at radius 1 is 1.23 bits per heavy atom. The molecule has 2 unspecified atom stereocenters. The summed E-state index contributed by atoms with van der Waals surface area (Å²) in [7, 11) is 0. The third kappa shape index (κ3) is 3.83. The molecule has 2 fully saturated rings. The predicted octanol–water partition coefficient (Wildman–Crippen LogP) is 3.04. The van der Waals surface area contributed by atoms with E-state index in [-0.39, 0.29) is 5.91 Å². The molecule has 6 nitrogen and oxygen atoms in total. The molecule has 0 aliphatic carbocycles. The van der Waals surface area contributed by atoms with Crippen LogP contribution in [0.2, 0.25) is 5.02 Å². The molecule has 8 heteroatoms. The minimum Gasteiger partial charge on any atom is -0.340 e. The molecule has 0 spiro atoms. The van der Waals surface area contributed by atoms with Gasteiger partial charge in [-0.15, -0.1) is 11.3 Å². The van der Waals surface area contributed by atoms with Crippen molar-refractivity contribution < 1.29 is 4.79 Å². The molecule has 0 bridgehead atoms. The average Bonchev–Trinajstić information content (AvgIpc) is 3.19. The van der Waals surface area contributed by atoms with Gasteiger partial charge in [-0.05, 0) is 25.2 Å². The van der Waals surface area contributed by atoms with Crippen LogP contribution in [0.25, 0.3) is 0 Å². The van der Waals surface area contributed by atoms with Crippen molar-refractivity contribution >= 4 is 34.8 Å². The first-order valence-electron chi connectivity index (χ1n) is 9.11. The zero-order valence-electron chi connectivity index (χ0n) is 14.6. The zero-order chi connectivity index (χ0) is 17.9. The minimum absolute atomic E-state index is 0.270. The molecule has 26 heavy (non-hydrogen) atoms. The third-order valence-electron chi connectivity index (χ3n) is 5.31. The van der Waals surface area contributed by atoms with Crippen molar-refractivity contribution in [1.82, 2.24) is 19.9 Å². The van der Waals surface area contributed by atoms with E-state index in [1.807, 2.05) is 5.38 Å². The number of aromatic nitrogens is 3. The number of hydrogen-bond donors (Lipinski definition) is 0. The maximum atomic E-state index is 12.8. The van der Waals surface area contributed by atoms with E-state index in [2.05, 4.69) is 24.8 Å². The minimum atomic E-state index is 0.270. The van der Waals surface area contributed by atoms with Gasteiger partial charge in [-0.3, -0.25) is 4.79 Å². The summed E-state index contributed by atoms with van der Waals surface area (Å²) in [6.07, 6.45) is 9.59. The lowest BCUT2D eigenvalue weighted by Gasteiger charge is -2.47. The van der Waals surface area contributed by atoms with Gasteiger partial charge in [0.2, 0.25) is 11.9 Å². The normalized spacial score (nSPS) is 23.0. The number of amides is 1. The summed E-state index contributed by atoms with van der Waals surface area (Å²) >= 11 is 7.51. The van der Waals surface area contributed by atoms with Gasteiger partial charge in [0.05, 0.1) is 22.4 Å². The summed E-state index contributed by atoms with van der Waals surface area (Å²) in [4.78, 5) is 30.1. The standard InChI is InChI=1S/C18H22ClN5OS/c19-14-10-21-18(22-11-14)23-8-5-15-13(12-23)2-1-7-24(15)17(25)4-3-16-20-6-9-26-16/h6,9-11,13,15H,1-5,7-8,12H2. The Labute approximate surface area is 162 Å². The number of nitrogens with zero attached hydrogens (tertiary/aromatic N) is 5. The average molecular weight is 392 g/mol. The van der Waals surface area contributed by atoms with Crippen LogP contribution in [-0.2, 0) is 11.2 Å². The van der Waals surface area contributed by atoms with Crippen LogP contribution in [0.5, 0.6) is 0 Å². The highest BCUT2D eigenvalue weighted by Gasteiger charge is 2.38. The number of rotatable bonds is 4. The van der Waals surface area contributed by atoms with Crippen molar-refractivity contribution in [3.05, 3.63) is 34.0 Å². The smallest absolute Gasteiger partial charge is 0.225 e. The second-order valence-corrected chi connectivity index (χ2v) is 8.33. The lowest BCUT2D eigenvalue weighted by molar-refractivity contribution is -0.136.